The zero-order valence-electron chi connectivity index (χ0n) is 12.7. The van der Waals surface area contributed by atoms with Gasteiger partial charge in [-0.3, -0.25) is 9.69 Å². The number of rotatable bonds is 5. The van der Waals surface area contributed by atoms with Gasteiger partial charge in [-0.1, -0.05) is 42.1 Å². The number of carbonyl (C=O) groups excluding carboxylic acids is 1. The van der Waals surface area contributed by atoms with Gasteiger partial charge in [0, 0.05) is 13.1 Å². The van der Waals surface area contributed by atoms with E-state index < -0.39 is 0 Å². The van der Waals surface area contributed by atoms with E-state index in [1.165, 1.54) is 11.8 Å². The lowest BCUT2D eigenvalue weighted by Crippen LogP contribution is -2.40. The molecular weight excluding hydrogens is 318 g/mol. The summed E-state index contributed by atoms with van der Waals surface area (Å²) in [6, 6.07) is 9.72. The lowest BCUT2D eigenvalue weighted by atomic mass is 10.1. The summed E-state index contributed by atoms with van der Waals surface area (Å²) in [6.07, 6.45) is 3.89. The van der Waals surface area contributed by atoms with Crippen LogP contribution in [-0.4, -0.2) is 47.2 Å². The summed E-state index contributed by atoms with van der Waals surface area (Å²) in [7, 11) is 0. The number of piperidine rings is 1. The minimum Gasteiger partial charge on any atom is -0.475 e. The van der Waals surface area contributed by atoms with Gasteiger partial charge in [0.25, 0.3) is 0 Å². The second kappa shape index (κ2) is 9.12. The van der Waals surface area contributed by atoms with Crippen molar-refractivity contribution in [3.05, 3.63) is 35.9 Å². The molecule has 1 heterocycles. The van der Waals surface area contributed by atoms with Gasteiger partial charge in [-0.15, -0.1) is 0 Å². The molecule has 0 aliphatic carbocycles. The Morgan fingerprint density at radius 1 is 1.32 bits per heavy atom. The van der Waals surface area contributed by atoms with Crippen molar-refractivity contribution < 1.29 is 14.3 Å². The lowest BCUT2D eigenvalue weighted by molar-refractivity contribution is -0.146. The smallest absolute Gasteiger partial charge is 0.320 e. The number of likely N-dealkylation sites (tertiary alicyclic amines) is 1. The van der Waals surface area contributed by atoms with E-state index in [9.17, 15) is 4.79 Å². The van der Waals surface area contributed by atoms with Crippen molar-refractivity contribution in [2.45, 2.75) is 25.6 Å². The number of hydrogen-bond donors (Lipinski definition) is 0. The number of ether oxygens (including phenoxy) is 2. The Balaban J connectivity index is 1.65. The quantitative estimate of drug-likeness (QED) is 0.607. The first kappa shape index (κ1) is 17.2. The monoisotopic (exact) mass is 339 g/mol. The molecule has 1 aromatic carbocycles. The standard InChI is InChI=1S/C16H21NO3S2/c1-22-16(21)20-14-7-9-17(10-8-14)11-15(18)19-12-13-5-3-2-4-6-13/h2-6,14H,7-12H2,1H3. The third-order valence-electron chi connectivity index (χ3n) is 3.56. The summed E-state index contributed by atoms with van der Waals surface area (Å²) in [4.78, 5) is 14.0. The van der Waals surface area contributed by atoms with Gasteiger partial charge in [-0.2, -0.15) is 0 Å². The summed E-state index contributed by atoms with van der Waals surface area (Å²) in [6.45, 7) is 2.35. The first-order valence-electron chi connectivity index (χ1n) is 7.34. The number of carbonyl (C=O) groups is 1. The summed E-state index contributed by atoms with van der Waals surface area (Å²) in [5.41, 5.74) is 1.01. The maximum Gasteiger partial charge on any atom is 0.320 e. The highest BCUT2D eigenvalue weighted by Gasteiger charge is 2.22. The van der Waals surface area contributed by atoms with Crippen LogP contribution in [0.25, 0.3) is 0 Å². The van der Waals surface area contributed by atoms with Gasteiger partial charge >= 0.3 is 5.97 Å². The van der Waals surface area contributed by atoms with Crippen molar-refractivity contribution in [1.82, 2.24) is 4.90 Å². The number of benzene rings is 1. The van der Waals surface area contributed by atoms with Crippen molar-refractivity contribution in [3.8, 4) is 0 Å². The molecule has 120 valence electrons. The zero-order chi connectivity index (χ0) is 15.8. The van der Waals surface area contributed by atoms with E-state index >= 15 is 0 Å². The van der Waals surface area contributed by atoms with Gasteiger partial charge in [0.05, 0.1) is 6.54 Å². The Labute approximate surface area is 141 Å². The van der Waals surface area contributed by atoms with Gasteiger partial charge in [0.15, 0.2) is 0 Å². The van der Waals surface area contributed by atoms with Crippen LogP contribution in [0.15, 0.2) is 30.3 Å². The van der Waals surface area contributed by atoms with Crippen LogP contribution in [0.4, 0.5) is 0 Å². The third-order valence-corrected chi connectivity index (χ3v) is 4.59. The predicted octanol–water partition coefficient (Wildman–Crippen LogP) is 2.86. The zero-order valence-corrected chi connectivity index (χ0v) is 14.3. The molecule has 0 atom stereocenters. The van der Waals surface area contributed by atoms with Crippen LogP contribution in [0.5, 0.6) is 0 Å². The number of thiocarbonyl (C=S) groups is 1. The Morgan fingerprint density at radius 3 is 2.64 bits per heavy atom. The first-order valence-corrected chi connectivity index (χ1v) is 8.97. The average Bonchev–Trinajstić information content (AvgIpc) is 2.55. The maximum absolute atomic E-state index is 11.9. The molecule has 6 heteroatoms. The largest absolute Gasteiger partial charge is 0.475 e. The minimum atomic E-state index is -0.178. The van der Waals surface area contributed by atoms with Gasteiger partial charge in [0.1, 0.15) is 12.7 Å². The SMILES string of the molecule is CSC(=S)OC1CCN(CC(=O)OCc2ccccc2)CC1. The Morgan fingerprint density at radius 2 is 2.00 bits per heavy atom. The van der Waals surface area contributed by atoms with E-state index in [2.05, 4.69) is 4.90 Å². The fourth-order valence-corrected chi connectivity index (χ4v) is 2.70. The molecule has 0 amide bonds. The third kappa shape index (κ3) is 5.94. The molecule has 1 fully saturated rings. The molecule has 22 heavy (non-hydrogen) atoms. The molecule has 0 saturated carbocycles. The van der Waals surface area contributed by atoms with Crippen LogP contribution in [0, 0.1) is 0 Å². The van der Waals surface area contributed by atoms with Crippen molar-refractivity contribution >= 4 is 34.3 Å². The molecule has 0 radical (unpaired) electrons. The van der Waals surface area contributed by atoms with Gasteiger partial charge in [-0.25, -0.2) is 0 Å². The fraction of sp³-hybridized carbons (Fsp3) is 0.500. The van der Waals surface area contributed by atoms with Crippen molar-refractivity contribution in [1.29, 1.82) is 0 Å². The number of esters is 1. The van der Waals surface area contributed by atoms with Crippen molar-refractivity contribution in [2.24, 2.45) is 0 Å². The van der Waals surface area contributed by atoms with Crippen LogP contribution in [0.1, 0.15) is 18.4 Å². The number of hydrogen-bond acceptors (Lipinski definition) is 6. The van der Waals surface area contributed by atoms with E-state index in [0.717, 1.165) is 31.5 Å². The van der Waals surface area contributed by atoms with E-state index in [0.29, 0.717) is 17.5 Å². The molecule has 1 aliphatic rings. The van der Waals surface area contributed by atoms with Crippen LogP contribution >= 0.6 is 24.0 Å². The Hall–Kier alpha value is -1.11. The van der Waals surface area contributed by atoms with Crippen LogP contribution in [0.2, 0.25) is 0 Å². The lowest BCUT2D eigenvalue weighted by Gasteiger charge is -2.31. The second-order valence-electron chi connectivity index (χ2n) is 5.19. The average molecular weight is 339 g/mol. The molecular formula is C16H21NO3S2. The molecule has 0 aromatic heterocycles. The van der Waals surface area contributed by atoms with E-state index in [1.807, 2.05) is 36.6 Å². The minimum absolute atomic E-state index is 0.177. The molecule has 1 aromatic rings. The normalized spacial score (nSPS) is 16.2. The number of nitrogens with zero attached hydrogens (tertiary/aromatic N) is 1. The molecule has 1 saturated heterocycles. The molecule has 0 spiro atoms. The maximum atomic E-state index is 11.9. The van der Waals surface area contributed by atoms with Crippen molar-refractivity contribution in [2.75, 3.05) is 25.9 Å². The summed E-state index contributed by atoms with van der Waals surface area (Å²) >= 11 is 6.53. The molecule has 4 nitrogen and oxygen atoms in total. The summed E-state index contributed by atoms with van der Waals surface area (Å²) in [5, 5.41) is 0. The highest BCUT2D eigenvalue weighted by atomic mass is 32.2. The number of thioether (sulfide) groups is 1. The highest BCUT2D eigenvalue weighted by molar-refractivity contribution is 8.22. The summed E-state index contributed by atoms with van der Waals surface area (Å²) < 4.78 is 11.6. The molecule has 2 rings (SSSR count). The Kier molecular flexibility index (Phi) is 7.15. The van der Waals surface area contributed by atoms with Crippen LogP contribution in [0.3, 0.4) is 0 Å². The highest BCUT2D eigenvalue weighted by Crippen LogP contribution is 2.16. The second-order valence-corrected chi connectivity index (χ2v) is 6.60. The molecule has 0 unspecified atom stereocenters. The van der Waals surface area contributed by atoms with Crippen LogP contribution < -0.4 is 0 Å². The van der Waals surface area contributed by atoms with Crippen molar-refractivity contribution in [3.63, 3.8) is 0 Å². The van der Waals surface area contributed by atoms with Crippen LogP contribution in [-0.2, 0) is 20.9 Å². The van der Waals surface area contributed by atoms with E-state index in [4.69, 9.17) is 21.7 Å². The fourth-order valence-electron chi connectivity index (χ4n) is 2.34. The molecule has 0 N–H and O–H groups in total. The Bertz CT molecular complexity index is 487. The first-order chi connectivity index (χ1) is 10.7. The predicted molar refractivity (Wildman–Crippen MR) is 92.9 cm³/mol. The summed E-state index contributed by atoms with van der Waals surface area (Å²) in [5.74, 6) is -0.178. The molecule has 0 bridgehead atoms. The van der Waals surface area contributed by atoms with E-state index in [-0.39, 0.29) is 12.1 Å². The molecule has 1 aliphatic heterocycles. The topological polar surface area (TPSA) is 38.8 Å². The van der Waals surface area contributed by atoms with E-state index in [1.54, 1.807) is 0 Å². The van der Waals surface area contributed by atoms with Gasteiger partial charge < -0.3 is 9.47 Å². The van der Waals surface area contributed by atoms with Gasteiger partial charge in [0.2, 0.25) is 4.38 Å². The van der Waals surface area contributed by atoms with Gasteiger partial charge in [-0.05, 0) is 36.9 Å².